The Morgan fingerprint density at radius 1 is 1.60 bits per heavy atom. The Balaban J connectivity index is 2.19. The maximum atomic E-state index is 3.17. The van der Waals surface area contributed by atoms with Crippen LogP contribution in [0.4, 0.5) is 0 Å². The molecule has 0 bridgehead atoms. The van der Waals surface area contributed by atoms with E-state index in [1.807, 2.05) is 0 Å². The smallest absolute Gasteiger partial charge is 0.0918 e. The first-order valence-electron chi connectivity index (χ1n) is 1.87. The maximum absolute atomic E-state index is 3.17. The lowest BCUT2D eigenvalue weighted by molar-refractivity contribution is 0.457. The molecule has 0 saturated carbocycles. The van der Waals surface area contributed by atoms with Gasteiger partial charge in [0, 0.05) is 0 Å². The number of rotatable bonds is 0. The first kappa shape index (κ1) is 2.16. The van der Waals surface area contributed by atoms with Gasteiger partial charge in [0.2, 0.25) is 0 Å². The molecule has 28 valence electrons. The van der Waals surface area contributed by atoms with Crippen LogP contribution in [0, 0.1) is 0 Å². The van der Waals surface area contributed by atoms with Crippen LogP contribution in [0.25, 0.3) is 0 Å². The van der Waals surface area contributed by atoms with Crippen molar-refractivity contribution in [1.82, 2.24) is 10.2 Å². The Hall–Kier alpha value is -0.0800. The largest absolute Gasteiger partial charge is 0.281 e. The van der Waals surface area contributed by atoms with Crippen LogP contribution in [-0.2, 0) is 0 Å². The summed E-state index contributed by atoms with van der Waals surface area (Å²) in [5, 5.41) is 3.17. The minimum absolute atomic E-state index is 0.801. The number of nitrogens with one attached hydrogen (secondary N) is 1. The van der Waals surface area contributed by atoms with E-state index in [4.69, 9.17) is 0 Å². The fraction of sp³-hybridized carbons (Fsp3) is 1.00. The molecule has 2 nitrogen and oxygen atoms in total. The second kappa shape index (κ2) is 0.340. The lowest BCUT2D eigenvalue weighted by Crippen LogP contribution is -2.14. The zero-order chi connectivity index (χ0) is 3.44. The van der Waals surface area contributed by atoms with Crippen molar-refractivity contribution < 1.29 is 0 Å². The summed E-state index contributed by atoms with van der Waals surface area (Å²) in [7, 11) is 2.12. The molecule has 2 aliphatic heterocycles. The monoisotopic (exact) mass is 70.1 g/mol. The van der Waals surface area contributed by atoms with Crippen LogP contribution in [0.2, 0.25) is 0 Å². The minimum Gasteiger partial charge on any atom is -0.281 e. The summed E-state index contributed by atoms with van der Waals surface area (Å²) in [5.74, 6) is 0. The van der Waals surface area contributed by atoms with E-state index >= 15 is 0 Å². The van der Waals surface area contributed by atoms with E-state index in [-0.39, 0.29) is 0 Å². The second-order valence-corrected chi connectivity index (χ2v) is 1.72. The normalized spacial score (nSPS) is 70.2. The van der Waals surface area contributed by atoms with Gasteiger partial charge in [0.25, 0.3) is 0 Å². The fourth-order valence-corrected chi connectivity index (χ4v) is 0.611. The van der Waals surface area contributed by atoms with E-state index in [0.717, 1.165) is 12.3 Å². The lowest BCUT2D eigenvalue weighted by atomic mass is 11.0. The summed E-state index contributed by atoms with van der Waals surface area (Å²) >= 11 is 0. The van der Waals surface area contributed by atoms with Gasteiger partial charge in [-0.3, -0.25) is 10.2 Å². The predicted octanol–water partition coefficient (Wildman–Crippen LogP) is -0.813. The highest BCUT2D eigenvalue weighted by Crippen LogP contribution is 2.34. The van der Waals surface area contributed by atoms with Crippen LogP contribution < -0.4 is 5.32 Å². The Kier molecular flexibility index (Phi) is 0.147. The first-order chi connectivity index (χ1) is 2.39. The van der Waals surface area contributed by atoms with Crippen molar-refractivity contribution in [3.05, 3.63) is 0 Å². The molecule has 0 aliphatic carbocycles. The molecular formula is C3H6N2. The molecule has 0 radical (unpaired) electrons. The number of nitrogens with zero attached hydrogens (tertiary/aromatic N) is 1. The first-order valence-corrected chi connectivity index (χ1v) is 1.87. The second-order valence-electron chi connectivity index (χ2n) is 1.72. The van der Waals surface area contributed by atoms with Gasteiger partial charge in [0.1, 0.15) is 0 Å². The maximum Gasteiger partial charge on any atom is 0.0918 e. The van der Waals surface area contributed by atoms with Gasteiger partial charge >= 0.3 is 0 Å². The summed E-state index contributed by atoms with van der Waals surface area (Å²) in [6.07, 6.45) is 1.60. The third kappa shape index (κ3) is 0.102. The molecule has 2 rings (SSSR count). The molecule has 2 aliphatic rings. The van der Waals surface area contributed by atoms with Crippen LogP contribution in [-0.4, -0.2) is 24.3 Å². The lowest BCUT2D eigenvalue weighted by Gasteiger charge is -1.92. The quantitative estimate of drug-likeness (QED) is 0.377. The third-order valence-electron chi connectivity index (χ3n) is 1.32. The highest BCUT2D eigenvalue weighted by atomic mass is 15.7. The van der Waals surface area contributed by atoms with Gasteiger partial charge in [-0.05, 0) is 7.05 Å². The molecule has 2 heterocycles. The molecule has 0 unspecified atom stereocenters. The van der Waals surface area contributed by atoms with E-state index in [1.165, 1.54) is 0 Å². The summed E-state index contributed by atoms with van der Waals surface area (Å²) in [5.41, 5.74) is 0. The van der Waals surface area contributed by atoms with Crippen molar-refractivity contribution in [3.63, 3.8) is 0 Å². The van der Waals surface area contributed by atoms with Crippen molar-refractivity contribution in [2.75, 3.05) is 7.05 Å². The van der Waals surface area contributed by atoms with Gasteiger partial charge in [-0.15, -0.1) is 0 Å². The van der Waals surface area contributed by atoms with E-state index in [0.29, 0.717) is 0 Å². The molecular weight excluding hydrogens is 64.0 g/mol. The van der Waals surface area contributed by atoms with Gasteiger partial charge in [0.15, 0.2) is 0 Å². The standard InChI is InChI=1S/C3H6N2/c1-5-2-3(5)4-2/h2-4H,1H3/t2-,3-/m0/s1. The van der Waals surface area contributed by atoms with Gasteiger partial charge in [-0.25, -0.2) is 0 Å². The van der Waals surface area contributed by atoms with Crippen LogP contribution in [0.5, 0.6) is 0 Å². The van der Waals surface area contributed by atoms with Gasteiger partial charge < -0.3 is 0 Å². The summed E-state index contributed by atoms with van der Waals surface area (Å²) in [6.45, 7) is 0. The number of likely N-dealkylation sites (N-methyl/N-ethyl adjacent to an activating group) is 1. The molecule has 2 saturated heterocycles. The van der Waals surface area contributed by atoms with E-state index in [2.05, 4.69) is 17.3 Å². The Bertz CT molecular complexity index is 56.5. The number of hydrogen-bond donors (Lipinski definition) is 1. The predicted molar refractivity (Wildman–Crippen MR) is 18.5 cm³/mol. The molecule has 0 aromatic carbocycles. The van der Waals surface area contributed by atoms with Crippen molar-refractivity contribution >= 4 is 0 Å². The molecule has 2 atom stereocenters. The van der Waals surface area contributed by atoms with Crippen molar-refractivity contribution in [1.29, 1.82) is 0 Å². The van der Waals surface area contributed by atoms with Crippen LogP contribution in [0.3, 0.4) is 0 Å². The minimum atomic E-state index is 0.801. The molecule has 1 N–H and O–H groups in total. The van der Waals surface area contributed by atoms with Crippen molar-refractivity contribution in [3.8, 4) is 0 Å². The molecule has 0 spiro atoms. The third-order valence-corrected chi connectivity index (χ3v) is 1.32. The Morgan fingerprint density at radius 2 is 2.00 bits per heavy atom. The van der Waals surface area contributed by atoms with E-state index in [9.17, 15) is 0 Å². The summed E-state index contributed by atoms with van der Waals surface area (Å²) in [6, 6.07) is 0. The Labute approximate surface area is 30.8 Å². The molecule has 0 aromatic heterocycles. The highest BCUT2D eigenvalue weighted by molar-refractivity contribution is 5.11. The summed E-state index contributed by atoms with van der Waals surface area (Å²) in [4.78, 5) is 2.28. The molecule has 0 amide bonds. The number of fused-ring (bicyclic) bond motifs is 1. The molecule has 0 aromatic rings. The fourth-order valence-electron chi connectivity index (χ4n) is 0.611. The average molecular weight is 70.1 g/mol. The molecule has 5 heavy (non-hydrogen) atoms. The van der Waals surface area contributed by atoms with Gasteiger partial charge in [-0.2, -0.15) is 0 Å². The zero-order valence-corrected chi connectivity index (χ0v) is 3.10. The van der Waals surface area contributed by atoms with E-state index in [1.54, 1.807) is 0 Å². The van der Waals surface area contributed by atoms with Crippen molar-refractivity contribution in [2.24, 2.45) is 0 Å². The molecule has 2 fully saturated rings. The zero-order valence-electron chi connectivity index (χ0n) is 3.10. The van der Waals surface area contributed by atoms with E-state index < -0.39 is 0 Å². The highest BCUT2D eigenvalue weighted by Gasteiger charge is 2.59. The number of hydrogen-bond acceptors (Lipinski definition) is 2. The average Bonchev–Trinajstić information content (AvgIpc) is 2.11. The SMILES string of the molecule is CN1[C@@H]2N[C@H]21. The van der Waals surface area contributed by atoms with Crippen LogP contribution >= 0.6 is 0 Å². The van der Waals surface area contributed by atoms with Crippen LogP contribution in [0.15, 0.2) is 0 Å². The molecule has 2 heteroatoms. The van der Waals surface area contributed by atoms with Crippen molar-refractivity contribution in [2.45, 2.75) is 12.3 Å². The topological polar surface area (TPSA) is 25.0 Å². The van der Waals surface area contributed by atoms with Gasteiger partial charge in [-0.1, -0.05) is 0 Å². The van der Waals surface area contributed by atoms with Gasteiger partial charge in [0.05, 0.1) is 12.3 Å². The van der Waals surface area contributed by atoms with Crippen LogP contribution in [0.1, 0.15) is 0 Å². The summed E-state index contributed by atoms with van der Waals surface area (Å²) < 4.78 is 0. The Morgan fingerprint density at radius 3 is 2.00 bits per heavy atom.